The Morgan fingerprint density at radius 2 is 1.95 bits per heavy atom. The molecule has 3 aromatic rings. The van der Waals surface area contributed by atoms with Crippen molar-refractivity contribution in [2.24, 2.45) is 5.73 Å². The van der Waals surface area contributed by atoms with Crippen molar-refractivity contribution >= 4 is 16.8 Å². The first-order valence-electron chi connectivity index (χ1n) is 5.96. The Morgan fingerprint density at radius 1 is 1.20 bits per heavy atom. The van der Waals surface area contributed by atoms with E-state index < -0.39 is 11.7 Å². The smallest absolute Gasteiger partial charge is 0.250 e. The SMILES string of the molecule is NC(=O)c1cn(-c2ccc(O)cc2F)c2ccccc12. The van der Waals surface area contributed by atoms with Gasteiger partial charge in [-0.05, 0) is 18.2 Å². The highest BCUT2D eigenvalue weighted by Crippen LogP contribution is 2.27. The van der Waals surface area contributed by atoms with Crippen LogP contribution in [0.3, 0.4) is 0 Å². The lowest BCUT2D eigenvalue weighted by molar-refractivity contribution is 0.100. The first-order valence-corrected chi connectivity index (χ1v) is 5.96. The number of hydrogen-bond acceptors (Lipinski definition) is 2. The highest BCUT2D eigenvalue weighted by atomic mass is 19.1. The van der Waals surface area contributed by atoms with E-state index in [2.05, 4.69) is 0 Å². The minimum absolute atomic E-state index is 0.155. The molecule has 100 valence electrons. The van der Waals surface area contributed by atoms with Gasteiger partial charge in [0.2, 0.25) is 0 Å². The molecule has 1 aromatic heterocycles. The molecule has 0 spiro atoms. The van der Waals surface area contributed by atoms with Crippen LogP contribution < -0.4 is 5.73 Å². The van der Waals surface area contributed by atoms with E-state index in [0.717, 1.165) is 6.07 Å². The predicted octanol–water partition coefficient (Wildman–Crippen LogP) is 2.57. The fourth-order valence-corrected chi connectivity index (χ4v) is 2.27. The molecule has 20 heavy (non-hydrogen) atoms. The van der Waals surface area contributed by atoms with Crippen molar-refractivity contribution in [3.05, 3.63) is 60.0 Å². The normalized spacial score (nSPS) is 10.8. The van der Waals surface area contributed by atoms with E-state index in [9.17, 15) is 14.3 Å². The molecule has 4 nitrogen and oxygen atoms in total. The molecule has 0 unspecified atom stereocenters. The van der Waals surface area contributed by atoms with Crippen LogP contribution in [0.4, 0.5) is 4.39 Å². The highest BCUT2D eigenvalue weighted by molar-refractivity contribution is 6.06. The van der Waals surface area contributed by atoms with Gasteiger partial charge in [-0.3, -0.25) is 4.79 Å². The van der Waals surface area contributed by atoms with Crippen molar-refractivity contribution in [2.75, 3.05) is 0 Å². The summed E-state index contributed by atoms with van der Waals surface area (Å²) in [6.07, 6.45) is 1.50. The minimum atomic E-state index is -0.582. The molecule has 3 rings (SSSR count). The maximum absolute atomic E-state index is 14.0. The molecule has 0 fully saturated rings. The van der Waals surface area contributed by atoms with Crippen LogP contribution in [0.25, 0.3) is 16.6 Å². The van der Waals surface area contributed by atoms with Gasteiger partial charge in [-0.1, -0.05) is 18.2 Å². The van der Waals surface area contributed by atoms with Crippen molar-refractivity contribution in [1.82, 2.24) is 4.57 Å². The standard InChI is InChI=1S/C15H11FN2O2/c16-12-7-9(19)5-6-14(12)18-8-11(15(17)20)10-3-1-2-4-13(10)18/h1-8,19H,(H2,17,20). The first-order chi connectivity index (χ1) is 9.58. The maximum Gasteiger partial charge on any atom is 0.250 e. The van der Waals surface area contributed by atoms with Crippen LogP contribution in [0, 0.1) is 5.82 Å². The van der Waals surface area contributed by atoms with Gasteiger partial charge in [-0.25, -0.2) is 4.39 Å². The molecular formula is C15H11FN2O2. The minimum Gasteiger partial charge on any atom is -0.508 e. The van der Waals surface area contributed by atoms with Gasteiger partial charge in [-0.2, -0.15) is 0 Å². The number of hydrogen-bond donors (Lipinski definition) is 2. The number of aromatic nitrogens is 1. The van der Waals surface area contributed by atoms with E-state index in [1.54, 1.807) is 28.8 Å². The molecule has 0 saturated heterocycles. The van der Waals surface area contributed by atoms with Crippen LogP contribution in [0.5, 0.6) is 5.75 Å². The lowest BCUT2D eigenvalue weighted by Crippen LogP contribution is -2.10. The van der Waals surface area contributed by atoms with Crippen molar-refractivity contribution in [3.8, 4) is 11.4 Å². The molecule has 5 heteroatoms. The fraction of sp³-hybridized carbons (Fsp3) is 0. The quantitative estimate of drug-likeness (QED) is 0.751. The first kappa shape index (κ1) is 12.2. The van der Waals surface area contributed by atoms with Crippen LogP contribution in [-0.4, -0.2) is 15.6 Å². The number of halogens is 1. The number of amides is 1. The summed E-state index contributed by atoms with van der Waals surface area (Å²) in [6, 6.07) is 11.0. The van der Waals surface area contributed by atoms with Crippen LogP contribution in [0.15, 0.2) is 48.7 Å². The topological polar surface area (TPSA) is 68.2 Å². The number of nitrogens with zero attached hydrogens (tertiary/aromatic N) is 1. The highest BCUT2D eigenvalue weighted by Gasteiger charge is 2.15. The summed E-state index contributed by atoms with van der Waals surface area (Å²) in [6.45, 7) is 0. The van der Waals surface area contributed by atoms with Gasteiger partial charge in [0.25, 0.3) is 5.91 Å². The van der Waals surface area contributed by atoms with Crippen LogP contribution in [-0.2, 0) is 0 Å². The number of phenols is 1. The Bertz CT molecular complexity index is 824. The third kappa shape index (κ3) is 1.80. The number of phenolic OH excluding ortho intramolecular Hbond substituents is 1. The van der Waals surface area contributed by atoms with E-state index in [1.807, 2.05) is 0 Å². The zero-order chi connectivity index (χ0) is 14.3. The van der Waals surface area contributed by atoms with Gasteiger partial charge >= 0.3 is 0 Å². The Kier molecular flexibility index (Phi) is 2.68. The predicted molar refractivity (Wildman–Crippen MR) is 73.4 cm³/mol. The second-order valence-electron chi connectivity index (χ2n) is 4.43. The third-order valence-electron chi connectivity index (χ3n) is 3.17. The molecule has 0 aliphatic carbocycles. The Morgan fingerprint density at radius 3 is 2.65 bits per heavy atom. The summed E-state index contributed by atoms with van der Waals surface area (Å²) < 4.78 is 15.5. The summed E-state index contributed by atoms with van der Waals surface area (Å²) in [5.74, 6) is -1.31. The number of carbonyl (C=O) groups is 1. The number of benzene rings is 2. The van der Waals surface area contributed by atoms with Crippen molar-refractivity contribution in [2.45, 2.75) is 0 Å². The second kappa shape index (κ2) is 4.38. The van der Waals surface area contributed by atoms with Crippen molar-refractivity contribution in [3.63, 3.8) is 0 Å². The summed E-state index contributed by atoms with van der Waals surface area (Å²) >= 11 is 0. The van der Waals surface area contributed by atoms with Gasteiger partial charge in [0.15, 0.2) is 5.82 Å². The molecule has 1 heterocycles. The number of rotatable bonds is 2. The Hall–Kier alpha value is -2.82. The van der Waals surface area contributed by atoms with Crippen molar-refractivity contribution in [1.29, 1.82) is 0 Å². The molecule has 1 amide bonds. The lowest BCUT2D eigenvalue weighted by Gasteiger charge is -2.06. The number of aromatic hydroxyl groups is 1. The van der Waals surface area contributed by atoms with Gasteiger partial charge < -0.3 is 15.4 Å². The van der Waals surface area contributed by atoms with Gasteiger partial charge in [0.1, 0.15) is 5.75 Å². The Labute approximate surface area is 113 Å². The zero-order valence-electron chi connectivity index (χ0n) is 10.4. The van der Waals surface area contributed by atoms with E-state index in [1.165, 1.54) is 18.3 Å². The third-order valence-corrected chi connectivity index (χ3v) is 3.17. The van der Waals surface area contributed by atoms with Crippen molar-refractivity contribution < 1.29 is 14.3 Å². The molecule has 2 aromatic carbocycles. The van der Waals surface area contributed by atoms with Gasteiger partial charge in [-0.15, -0.1) is 0 Å². The summed E-state index contributed by atoms with van der Waals surface area (Å²) in [4.78, 5) is 11.5. The molecule has 0 atom stereocenters. The number of primary amides is 1. The summed E-state index contributed by atoms with van der Waals surface area (Å²) in [5, 5.41) is 9.93. The van der Waals surface area contributed by atoms with E-state index >= 15 is 0 Å². The van der Waals surface area contributed by atoms with Crippen LogP contribution >= 0.6 is 0 Å². The van der Waals surface area contributed by atoms with E-state index in [4.69, 9.17) is 5.73 Å². The van der Waals surface area contributed by atoms with Gasteiger partial charge in [0.05, 0.1) is 16.8 Å². The van der Waals surface area contributed by atoms with Gasteiger partial charge in [0, 0.05) is 17.6 Å². The van der Waals surface area contributed by atoms with E-state index in [-0.39, 0.29) is 11.4 Å². The average molecular weight is 270 g/mol. The van der Waals surface area contributed by atoms with Crippen LogP contribution in [0.1, 0.15) is 10.4 Å². The van der Waals surface area contributed by atoms with Crippen LogP contribution in [0.2, 0.25) is 0 Å². The second-order valence-corrected chi connectivity index (χ2v) is 4.43. The lowest BCUT2D eigenvalue weighted by atomic mass is 10.2. The summed E-state index contributed by atoms with van der Waals surface area (Å²) in [7, 11) is 0. The maximum atomic E-state index is 14.0. The van der Waals surface area contributed by atoms with E-state index in [0.29, 0.717) is 16.5 Å². The fourth-order valence-electron chi connectivity index (χ4n) is 2.27. The number of nitrogens with two attached hydrogens (primary N) is 1. The monoisotopic (exact) mass is 270 g/mol. The molecule has 0 aliphatic rings. The number of para-hydroxylation sites is 1. The average Bonchev–Trinajstić information content (AvgIpc) is 2.78. The number of fused-ring (bicyclic) bond motifs is 1. The molecule has 0 bridgehead atoms. The number of carbonyl (C=O) groups excluding carboxylic acids is 1. The largest absolute Gasteiger partial charge is 0.508 e. The molecular weight excluding hydrogens is 259 g/mol. The summed E-state index contributed by atoms with van der Waals surface area (Å²) in [5.41, 5.74) is 6.59. The molecule has 0 saturated carbocycles. The zero-order valence-corrected chi connectivity index (χ0v) is 10.4. The molecule has 3 N–H and O–H groups in total. The molecule has 0 aliphatic heterocycles. The molecule has 0 radical (unpaired) electrons. The Balaban J connectivity index is 2.34.